The summed E-state index contributed by atoms with van der Waals surface area (Å²) >= 11 is 0. The summed E-state index contributed by atoms with van der Waals surface area (Å²) in [5, 5.41) is 19.8. The number of carbonyl (C=O) groups excluding carboxylic acids is 2. The first-order valence-corrected chi connectivity index (χ1v) is 20.6. The number of ether oxygens (including phenoxy) is 2. The van der Waals surface area contributed by atoms with Crippen LogP contribution in [0.3, 0.4) is 0 Å². The molecule has 0 aromatic heterocycles. The Morgan fingerprint density at radius 3 is 1.42 bits per heavy atom. The molecule has 6 nitrogen and oxygen atoms in total. The summed E-state index contributed by atoms with van der Waals surface area (Å²) in [5.74, 6) is 0.202. The lowest BCUT2D eigenvalue weighted by atomic mass is 10.0. The highest BCUT2D eigenvalue weighted by atomic mass is 16.6. The molecule has 0 radical (unpaired) electrons. The van der Waals surface area contributed by atoms with Gasteiger partial charge in [0.05, 0.1) is 6.10 Å². The van der Waals surface area contributed by atoms with Crippen LogP contribution in [0.15, 0.2) is 48.6 Å². The van der Waals surface area contributed by atoms with Crippen LogP contribution in [0.5, 0.6) is 0 Å². The molecule has 0 aliphatic heterocycles. The Kier molecular flexibility index (Phi) is 36.4. The van der Waals surface area contributed by atoms with Crippen LogP contribution in [-0.2, 0) is 19.1 Å². The summed E-state index contributed by atoms with van der Waals surface area (Å²) in [6, 6.07) is 0. The quantitative estimate of drug-likeness (QED) is 0.0383. The molecule has 0 saturated carbocycles. The first kappa shape index (κ1) is 47.8. The predicted molar refractivity (Wildman–Crippen MR) is 211 cm³/mol. The Balaban J connectivity index is 3.54. The van der Waals surface area contributed by atoms with Gasteiger partial charge in [-0.05, 0) is 50.9 Å². The minimum atomic E-state index is -0.996. The van der Waals surface area contributed by atoms with Crippen molar-refractivity contribution in [1.29, 1.82) is 0 Å². The summed E-state index contributed by atoms with van der Waals surface area (Å²) in [6.45, 7) is 6.46. The van der Waals surface area contributed by atoms with Gasteiger partial charge in [-0.15, -0.1) is 0 Å². The Morgan fingerprint density at radius 1 is 0.520 bits per heavy atom. The van der Waals surface area contributed by atoms with Crippen molar-refractivity contribution in [2.75, 3.05) is 13.2 Å². The zero-order valence-electron chi connectivity index (χ0n) is 32.7. The highest BCUT2D eigenvalue weighted by Crippen LogP contribution is 2.15. The second-order valence-electron chi connectivity index (χ2n) is 14.4. The van der Waals surface area contributed by atoms with E-state index in [0.717, 1.165) is 70.1 Å². The van der Waals surface area contributed by atoms with Crippen LogP contribution in [-0.4, -0.2) is 47.6 Å². The second-order valence-corrected chi connectivity index (χ2v) is 14.4. The van der Waals surface area contributed by atoms with Crippen molar-refractivity contribution in [3.63, 3.8) is 0 Å². The summed E-state index contributed by atoms with van der Waals surface area (Å²) in [5.41, 5.74) is 0. The van der Waals surface area contributed by atoms with E-state index in [1.165, 1.54) is 83.5 Å². The van der Waals surface area contributed by atoms with Crippen molar-refractivity contribution in [2.45, 2.75) is 200 Å². The predicted octanol–water partition coefficient (Wildman–Crippen LogP) is 11.8. The minimum Gasteiger partial charge on any atom is -0.463 e. The standard InChI is InChI=1S/C44H78O6/c1-4-5-34-41(45)35-30-26-22-18-14-11-12-16-20-24-28-32-37-44(48)50-39-42(46)38-49-43(47)36-31-27-23-19-15-10-8-6-7-9-13-17-21-25-29-33-40(2)3/h11-12,18,20,22,24,30,35,40-42,45-46H,4-10,13-17,19,21,23,25-29,31-34,36-39H2,1-3H3/b12-11-,22-18-,24-20-,35-30-/t41-,42+/m0/s1. The van der Waals surface area contributed by atoms with Crippen LogP contribution >= 0.6 is 0 Å². The molecular weight excluding hydrogens is 624 g/mol. The molecule has 6 heteroatoms. The molecule has 2 N–H and O–H groups in total. The molecule has 0 aliphatic rings. The third-order valence-corrected chi connectivity index (χ3v) is 8.82. The molecular formula is C44H78O6. The summed E-state index contributed by atoms with van der Waals surface area (Å²) in [7, 11) is 0. The molecule has 0 amide bonds. The van der Waals surface area contributed by atoms with Crippen molar-refractivity contribution in [3.05, 3.63) is 48.6 Å². The SMILES string of the molecule is CCCC[C@H](O)/C=C\C/C=C\C/C=C\C/C=C\CCCC(=O)OC[C@H](O)COC(=O)CCCCCCCCCCCCCCCCCC(C)C. The molecule has 0 heterocycles. The van der Waals surface area contributed by atoms with Gasteiger partial charge in [-0.2, -0.15) is 0 Å². The first-order chi connectivity index (χ1) is 24.3. The molecule has 0 bridgehead atoms. The number of aliphatic hydroxyl groups excluding tert-OH is 2. The van der Waals surface area contributed by atoms with Gasteiger partial charge in [-0.3, -0.25) is 9.59 Å². The van der Waals surface area contributed by atoms with E-state index in [0.29, 0.717) is 19.3 Å². The van der Waals surface area contributed by atoms with E-state index in [4.69, 9.17) is 9.47 Å². The average Bonchev–Trinajstić information content (AvgIpc) is 3.10. The molecule has 0 fully saturated rings. The van der Waals surface area contributed by atoms with Gasteiger partial charge < -0.3 is 19.7 Å². The van der Waals surface area contributed by atoms with Gasteiger partial charge in [-0.1, -0.05) is 179 Å². The van der Waals surface area contributed by atoms with Crippen molar-refractivity contribution < 1.29 is 29.3 Å². The maximum atomic E-state index is 12.0. The molecule has 2 atom stereocenters. The van der Waals surface area contributed by atoms with Crippen LogP contribution in [0, 0.1) is 5.92 Å². The lowest BCUT2D eigenvalue weighted by Gasteiger charge is -2.12. The van der Waals surface area contributed by atoms with E-state index >= 15 is 0 Å². The zero-order chi connectivity index (χ0) is 36.8. The number of carbonyl (C=O) groups is 2. The smallest absolute Gasteiger partial charge is 0.305 e. The van der Waals surface area contributed by atoms with Gasteiger partial charge in [0.2, 0.25) is 0 Å². The molecule has 0 aromatic rings. The third kappa shape index (κ3) is 38.6. The highest BCUT2D eigenvalue weighted by Gasteiger charge is 2.12. The number of aliphatic hydroxyl groups is 2. The Hall–Kier alpha value is -2.18. The van der Waals surface area contributed by atoms with Crippen LogP contribution in [0.4, 0.5) is 0 Å². The lowest BCUT2D eigenvalue weighted by Crippen LogP contribution is -2.25. The fraction of sp³-hybridized carbons (Fsp3) is 0.773. The number of rotatable bonds is 36. The molecule has 290 valence electrons. The van der Waals surface area contributed by atoms with Crippen molar-refractivity contribution in [1.82, 2.24) is 0 Å². The Bertz CT molecular complexity index is 874. The molecule has 0 aromatic carbocycles. The monoisotopic (exact) mass is 703 g/mol. The third-order valence-electron chi connectivity index (χ3n) is 8.82. The topological polar surface area (TPSA) is 93.1 Å². The maximum absolute atomic E-state index is 12.0. The number of allylic oxidation sites excluding steroid dienone is 7. The highest BCUT2D eigenvalue weighted by molar-refractivity contribution is 5.69. The van der Waals surface area contributed by atoms with Gasteiger partial charge in [0.25, 0.3) is 0 Å². The van der Waals surface area contributed by atoms with Crippen molar-refractivity contribution in [3.8, 4) is 0 Å². The van der Waals surface area contributed by atoms with E-state index in [-0.39, 0.29) is 31.3 Å². The van der Waals surface area contributed by atoms with Gasteiger partial charge in [0.15, 0.2) is 0 Å². The average molecular weight is 703 g/mol. The number of esters is 2. The van der Waals surface area contributed by atoms with Crippen LogP contribution in [0.2, 0.25) is 0 Å². The van der Waals surface area contributed by atoms with E-state index in [1.54, 1.807) is 0 Å². The fourth-order valence-electron chi connectivity index (χ4n) is 5.63. The van der Waals surface area contributed by atoms with Gasteiger partial charge in [-0.25, -0.2) is 0 Å². The normalized spacial score (nSPS) is 13.4. The van der Waals surface area contributed by atoms with E-state index in [1.807, 2.05) is 12.2 Å². The van der Waals surface area contributed by atoms with Gasteiger partial charge in [0, 0.05) is 12.8 Å². The molecule has 50 heavy (non-hydrogen) atoms. The fourth-order valence-corrected chi connectivity index (χ4v) is 5.63. The van der Waals surface area contributed by atoms with Gasteiger partial charge in [0.1, 0.15) is 19.3 Å². The lowest BCUT2D eigenvalue weighted by molar-refractivity contribution is -0.152. The van der Waals surface area contributed by atoms with Crippen LogP contribution in [0.25, 0.3) is 0 Å². The molecule has 0 unspecified atom stereocenters. The number of hydrogen-bond acceptors (Lipinski definition) is 6. The van der Waals surface area contributed by atoms with E-state index in [9.17, 15) is 19.8 Å². The zero-order valence-corrected chi connectivity index (χ0v) is 32.7. The van der Waals surface area contributed by atoms with E-state index < -0.39 is 6.10 Å². The molecule has 0 aliphatic carbocycles. The Morgan fingerprint density at radius 2 is 0.940 bits per heavy atom. The number of hydrogen-bond donors (Lipinski definition) is 2. The first-order valence-electron chi connectivity index (χ1n) is 20.6. The van der Waals surface area contributed by atoms with Crippen molar-refractivity contribution >= 4 is 11.9 Å². The second kappa shape index (κ2) is 38.1. The molecule has 0 rings (SSSR count). The molecule has 0 saturated heterocycles. The number of unbranched alkanes of at least 4 members (excludes halogenated alkanes) is 16. The van der Waals surface area contributed by atoms with Crippen molar-refractivity contribution in [2.24, 2.45) is 5.92 Å². The van der Waals surface area contributed by atoms with Gasteiger partial charge >= 0.3 is 11.9 Å². The van der Waals surface area contributed by atoms with Crippen LogP contribution < -0.4 is 0 Å². The summed E-state index contributed by atoms with van der Waals surface area (Å²) in [6.07, 6.45) is 43.7. The summed E-state index contributed by atoms with van der Waals surface area (Å²) in [4.78, 5) is 23.9. The largest absolute Gasteiger partial charge is 0.463 e. The Labute approximate surface area is 308 Å². The van der Waals surface area contributed by atoms with E-state index in [2.05, 4.69) is 57.2 Å². The minimum absolute atomic E-state index is 0.142. The molecule has 0 spiro atoms. The summed E-state index contributed by atoms with van der Waals surface area (Å²) < 4.78 is 10.3. The maximum Gasteiger partial charge on any atom is 0.305 e. The van der Waals surface area contributed by atoms with Crippen LogP contribution in [0.1, 0.15) is 188 Å².